The Labute approximate surface area is 160 Å². The Balaban J connectivity index is 1.43. The number of nitrogens with zero attached hydrogens (tertiary/aromatic N) is 6. The first kappa shape index (κ1) is 17.9. The first-order valence-corrected chi connectivity index (χ1v) is 10.0. The van der Waals surface area contributed by atoms with Gasteiger partial charge in [0.2, 0.25) is 5.95 Å². The van der Waals surface area contributed by atoms with E-state index in [0.29, 0.717) is 11.5 Å². The highest BCUT2D eigenvalue weighted by molar-refractivity contribution is 5.95. The van der Waals surface area contributed by atoms with Crippen molar-refractivity contribution in [2.75, 3.05) is 31.1 Å². The van der Waals surface area contributed by atoms with Crippen molar-refractivity contribution in [3.63, 3.8) is 0 Å². The molecular formula is C20H28N6O. The second-order valence-electron chi connectivity index (χ2n) is 7.74. The van der Waals surface area contributed by atoms with Crippen molar-refractivity contribution in [1.82, 2.24) is 24.4 Å². The van der Waals surface area contributed by atoms with Gasteiger partial charge < -0.3 is 14.4 Å². The number of carbonyl (C=O) groups is 1. The molecule has 1 atom stereocenters. The molecule has 2 fully saturated rings. The Bertz CT molecular complexity index is 769. The van der Waals surface area contributed by atoms with Crippen LogP contribution in [0.5, 0.6) is 0 Å². The van der Waals surface area contributed by atoms with Gasteiger partial charge >= 0.3 is 0 Å². The minimum atomic E-state index is 0.0630. The molecule has 0 spiro atoms. The van der Waals surface area contributed by atoms with Crippen LogP contribution in [0.15, 0.2) is 24.9 Å². The number of piperidine rings is 2. The molecule has 2 aromatic rings. The Kier molecular flexibility index (Phi) is 5.36. The molecule has 7 heteroatoms. The first-order chi connectivity index (χ1) is 13.2. The molecular weight excluding hydrogens is 340 g/mol. The van der Waals surface area contributed by atoms with Gasteiger partial charge in [0.15, 0.2) is 0 Å². The zero-order chi connectivity index (χ0) is 18.6. The molecule has 0 saturated carbocycles. The third-order valence-electron chi connectivity index (χ3n) is 5.67. The molecule has 7 nitrogen and oxygen atoms in total. The Morgan fingerprint density at radius 1 is 1.19 bits per heavy atom. The van der Waals surface area contributed by atoms with E-state index in [1.54, 1.807) is 12.4 Å². The summed E-state index contributed by atoms with van der Waals surface area (Å²) in [6.07, 6.45) is 13.2. The molecule has 0 unspecified atom stereocenters. The van der Waals surface area contributed by atoms with Crippen LogP contribution in [0.2, 0.25) is 0 Å². The van der Waals surface area contributed by atoms with Crippen LogP contribution in [0, 0.1) is 12.8 Å². The van der Waals surface area contributed by atoms with Gasteiger partial charge in [-0.15, -0.1) is 0 Å². The van der Waals surface area contributed by atoms with E-state index in [4.69, 9.17) is 0 Å². The predicted molar refractivity (Wildman–Crippen MR) is 104 cm³/mol. The lowest BCUT2D eigenvalue weighted by molar-refractivity contribution is 0.0660. The van der Waals surface area contributed by atoms with Gasteiger partial charge in [-0.25, -0.2) is 15.0 Å². The third kappa shape index (κ3) is 4.12. The maximum atomic E-state index is 13.1. The smallest absolute Gasteiger partial charge is 0.257 e. The highest BCUT2D eigenvalue weighted by Crippen LogP contribution is 2.22. The van der Waals surface area contributed by atoms with Gasteiger partial charge in [0, 0.05) is 51.3 Å². The standard InChI is InChI=1S/C20H28N6O/c1-16-18(12-22-20(23-16)25-8-3-2-4-9-25)19(27)26-10-5-6-17(14-26)13-24-11-7-21-15-24/h7,11-12,15,17H,2-6,8-10,13-14H2,1H3/t17-/m1/s1. The number of hydrogen-bond acceptors (Lipinski definition) is 5. The van der Waals surface area contributed by atoms with Crippen LogP contribution in [0.25, 0.3) is 0 Å². The number of anilines is 1. The lowest BCUT2D eigenvalue weighted by Gasteiger charge is -2.33. The van der Waals surface area contributed by atoms with E-state index in [0.717, 1.165) is 57.2 Å². The van der Waals surface area contributed by atoms with Crippen LogP contribution in [-0.4, -0.2) is 56.5 Å². The van der Waals surface area contributed by atoms with Crippen LogP contribution < -0.4 is 4.90 Å². The molecule has 2 aromatic heterocycles. The summed E-state index contributed by atoms with van der Waals surface area (Å²) in [5.41, 5.74) is 1.42. The summed E-state index contributed by atoms with van der Waals surface area (Å²) < 4.78 is 2.10. The zero-order valence-corrected chi connectivity index (χ0v) is 16.0. The third-order valence-corrected chi connectivity index (χ3v) is 5.67. The highest BCUT2D eigenvalue weighted by Gasteiger charge is 2.26. The summed E-state index contributed by atoms with van der Waals surface area (Å²) in [5.74, 6) is 1.29. The molecule has 1 amide bonds. The topological polar surface area (TPSA) is 67.2 Å². The van der Waals surface area contributed by atoms with E-state index in [1.807, 2.05) is 24.3 Å². The largest absolute Gasteiger partial charge is 0.341 e. The molecule has 4 rings (SSSR count). The molecule has 0 bridgehead atoms. The molecule has 2 aliphatic rings. The highest BCUT2D eigenvalue weighted by atomic mass is 16.2. The number of amides is 1. The van der Waals surface area contributed by atoms with Gasteiger partial charge in [0.05, 0.1) is 17.6 Å². The van der Waals surface area contributed by atoms with Crippen molar-refractivity contribution >= 4 is 11.9 Å². The van der Waals surface area contributed by atoms with E-state index in [2.05, 4.69) is 24.4 Å². The number of likely N-dealkylation sites (tertiary alicyclic amines) is 1. The summed E-state index contributed by atoms with van der Waals surface area (Å²) >= 11 is 0. The number of carbonyl (C=O) groups excluding carboxylic acids is 1. The lowest BCUT2D eigenvalue weighted by Crippen LogP contribution is -2.41. The van der Waals surface area contributed by atoms with Crippen LogP contribution >= 0.6 is 0 Å². The fraction of sp³-hybridized carbons (Fsp3) is 0.600. The van der Waals surface area contributed by atoms with E-state index in [9.17, 15) is 4.79 Å². The molecule has 4 heterocycles. The fourth-order valence-corrected chi connectivity index (χ4v) is 4.17. The summed E-state index contributed by atoms with van der Waals surface area (Å²) in [4.78, 5) is 30.5. The number of imidazole rings is 1. The summed E-state index contributed by atoms with van der Waals surface area (Å²) in [7, 11) is 0. The molecule has 2 aliphatic heterocycles. The van der Waals surface area contributed by atoms with E-state index in [1.165, 1.54) is 19.3 Å². The molecule has 0 N–H and O–H groups in total. The maximum Gasteiger partial charge on any atom is 0.257 e. The van der Waals surface area contributed by atoms with E-state index < -0.39 is 0 Å². The maximum absolute atomic E-state index is 13.1. The minimum absolute atomic E-state index is 0.0630. The van der Waals surface area contributed by atoms with Crippen molar-refractivity contribution in [1.29, 1.82) is 0 Å². The molecule has 2 saturated heterocycles. The quantitative estimate of drug-likeness (QED) is 0.830. The Hall–Kier alpha value is -2.44. The van der Waals surface area contributed by atoms with E-state index >= 15 is 0 Å². The average Bonchev–Trinajstić information content (AvgIpc) is 3.21. The first-order valence-electron chi connectivity index (χ1n) is 10.0. The van der Waals surface area contributed by atoms with Crippen molar-refractivity contribution < 1.29 is 4.79 Å². The number of aryl methyl sites for hydroxylation is 1. The Morgan fingerprint density at radius 2 is 2.04 bits per heavy atom. The van der Waals surface area contributed by atoms with Gasteiger partial charge in [-0.2, -0.15) is 0 Å². The monoisotopic (exact) mass is 368 g/mol. The van der Waals surface area contributed by atoms with Crippen molar-refractivity contribution in [3.05, 3.63) is 36.2 Å². The van der Waals surface area contributed by atoms with Crippen LogP contribution in [-0.2, 0) is 6.54 Å². The second-order valence-corrected chi connectivity index (χ2v) is 7.74. The average molecular weight is 368 g/mol. The van der Waals surface area contributed by atoms with E-state index in [-0.39, 0.29) is 5.91 Å². The predicted octanol–water partition coefficient (Wildman–Crippen LogP) is 2.52. The van der Waals surface area contributed by atoms with Crippen LogP contribution in [0.1, 0.15) is 48.2 Å². The van der Waals surface area contributed by atoms with Gasteiger partial charge in [-0.3, -0.25) is 4.79 Å². The summed E-state index contributed by atoms with van der Waals surface area (Å²) in [6, 6.07) is 0. The van der Waals surface area contributed by atoms with Crippen molar-refractivity contribution in [3.8, 4) is 0 Å². The van der Waals surface area contributed by atoms with Crippen LogP contribution in [0.3, 0.4) is 0 Å². The van der Waals surface area contributed by atoms with Gasteiger partial charge in [-0.05, 0) is 44.9 Å². The molecule has 0 radical (unpaired) electrons. The zero-order valence-electron chi connectivity index (χ0n) is 16.0. The second kappa shape index (κ2) is 8.06. The normalized spacial score (nSPS) is 20.7. The molecule has 27 heavy (non-hydrogen) atoms. The summed E-state index contributed by atoms with van der Waals surface area (Å²) in [6.45, 7) is 6.45. The Morgan fingerprint density at radius 3 is 2.78 bits per heavy atom. The van der Waals surface area contributed by atoms with Crippen molar-refractivity contribution in [2.24, 2.45) is 5.92 Å². The lowest BCUT2D eigenvalue weighted by atomic mass is 9.97. The molecule has 0 aromatic carbocycles. The molecule has 0 aliphatic carbocycles. The number of hydrogen-bond donors (Lipinski definition) is 0. The summed E-state index contributed by atoms with van der Waals surface area (Å²) in [5, 5.41) is 0. The molecule has 144 valence electrons. The fourth-order valence-electron chi connectivity index (χ4n) is 4.17. The number of aromatic nitrogens is 4. The van der Waals surface area contributed by atoms with Gasteiger partial charge in [0.25, 0.3) is 5.91 Å². The van der Waals surface area contributed by atoms with Gasteiger partial charge in [0.1, 0.15) is 0 Å². The van der Waals surface area contributed by atoms with Crippen LogP contribution in [0.4, 0.5) is 5.95 Å². The van der Waals surface area contributed by atoms with Gasteiger partial charge in [-0.1, -0.05) is 0 Å². The SMILES string of the molecule is Cc1nc(N2CCCCC2)ncc1C(=O)N1CCC[C@H](Cn2ccnc2)C1. The minimum Gasteiger partial charge on any atom is -0.341 e. The van der Waals surface area contributed by atoms with Crippen molar-refractivity contribution in [2.45, 2.75) is 45.6 Å². The number of rotatable bonds is 4.